The Bertz CT molecular complexity index is 4240. The summed E-state index contributed by atoms with van der Waals surface area (Å²) in [7, 11) is 5.23. The van der Waals surface area contributed by atoms with Gasteiger partial charge in [0.1, 0.15) is 64.5 Å². The van der Waals surface area contributed by atoms with E-state index in [2.05, 4.69) is 31.5 Å². The molecule has 3 aromatic carbocycles. The molecule has 0 spiro atoms. The fourth-order valence-electron chi connectivity index (χ4n) is 11.0. The number of nitrogens with one attached hydrogen (secondary N) is 4. The van der Waals surface area contributed by atoms with E-state index in [4.69, 9.17) is 40.4 Å². The molecule has 12 N–H and O–H groups in total. The van der Waals surface area contributed by atoms with E-state index in [-0.39, 0.29) is 120 Å². The van der Waals surface area contributed by atoms with Gasteiger partial charge in [-0.15, -0.1) is 0 Å². The molecule has 96 heavy (non-hydrogen) atoms. The Morgan fingerprint density at radius 2 is 1.26 bits per heavy atom. The average Bonchev–Trinajstić information content (AvgIpc) is 1.59. The molecular weight excluding hydrogens is 1250 g/mol. The summed E-state index contributed by atoms with van der Waals surface area (Å²) in [6, 6.07) is 13.7. The Labute approximate surface area is 547 Å². The molecule has 0 aliphatic carbocycles. The lowest BCUT2D eigenvalue weighted by atomic mass is 9.99. The lowest BCUT2D eigenvalue weighted by Gasteiger charge is -2.38. The number of quaternary nitrogens is 1. The van der Waals surface area contributed by atoms with Crippen molar-refractivity contribution >= 4 is 92.9 Å². The summed E-state index contributed by atoms with van der Waals surface area (Å²) >= 11 is 0. The van der Waals surface area contributed by atoms with E-state index in [1.807, 2.05) is 27.9 Å². The van der Waals surface area contributed by atoms with Crippen molar-refractivity contribution in [2.24, 2.45) is 11.5 Å². The van der Waals surface area contributed by atoms with Gasteiger partial charge < -0.3 is 75.1 Å². The smallest absolute Gasteiger partial charge is 0.335 e. The molecule has 2 aliphatic rings. The summed E-state index contributed by atoms with van der Waals surface area (Å²) in [5.74, 6) is -5.82. The van der Waals surface area contributed by atoms with Crippen LogP contribution in [0.25, 0.3) is 22.1 Å². The Balaban J connectivity index is 0.967. The average molecular weight is 1330 g/mol. The summed E-state index contributed by atoms with van der Waals surface area (Å²) in [6.45, 7) is 8.47. The van der Waals surface area contributed by atoms with Crippen molar-refractivity contribution < 1.29 is 87.0 Å². The number of nitrogens with zero attached hydrogens (tertiary/aromatic N) is 10. The lowest BCUT2D eigenvalue weighted by Crippen LogP contribution is -2.61. The Morgan fingerprint density at radius 1 is 0.708 bits per heavy atom. The minimum atomic E-state index is -1.98. The van der Waals surface area contributed by atoms with Gasteiger partial charge in [-0.1, -0.05) is 12.2 Å². The van der Waals surface area contributed by atoms with Crippen LogP contribution >= 0.6 is 0 Å². The van der Waals surface area contributed by atoms with Gasteiger partial charge in [0.2, 0.25) is 41.8 Å². The number of hydrogen-bond donors (Lipinski definition) is 10. The largest absolute Gasteiger partial charge is 0.494 e. The number of nitrogens with two attached hydrogens (primary N) is 2. The van der Waals surface area contributed by atoms with Gasteiger partial charge in [-0.05, 0) is 76.2 Å². The van der Waals surface area contributed by atoms with Crippen LogP contribution in [-0.4, -0.2) is 200 Å². The molecule has 9 rings (SSSR count). The topological polar surface area (TPSA) is 446 Å². The molecular formula is C63H75N16O17+. The number of aromatic nitrogens is 8. The van der Waals surface area contributed by atoms with E-state index in [1.54, 1.807) is 62.7 Å². The molecule has 0 bridgehead atoms. The van der Waals surface area contributed by atoms with Crippen molar-refractivity contribution in [2.45, 2.75) is 110 Å². The number of aryl methyl sites for hydroxylation is 4. The number of fused-ring (bicyclic) bond motifs is 2. The molecule has 7 aromatic rings. The number of carbonyl (C=O) groups excluding carboxylic acids is 8. The lowest BCUT2D eigenvalue weighted by molar-refractivity contribution is -0.903. The summed E-state index contributed by atoms with van der Waals surface area (Å²) in [6.07, 6.45) is -3.91. The van der Waals surface area contributed by atoms with Crippen molar-refractivity contribution in [3.8, 4) is 17.2 Å². The highest BCUT2D eigenvalue weighted by atomic mass is 16.7. The van der Waals surface area contributed by atoms with E-state index in [1.165, 1.54) is 43.5 Å². The van der Waals surface area contributed by atoms with Crippen molar-refractivity contribution in [2.75, 3.05) is 63.4 Å². The van der Waals surface area contributed by atoms with Crippen molar-refractivity contribution in [3.05, 3.63) is 118 Å². The fraction of sp³-hybridized carbons (Fsp3) is 0.381. The van der Waals surface area contributed by atoms with Crippen LogP contribution < -0.4 is 46.9 Å². The van der Waals surface area contributed by atoms with Crippen molar-refractivity contribution in [1.82, 2.24) is 48.9 Å². The highest BCUT2D eigenvalue weighted by Crippen LogP contribution is 2.35. The van der Waals surface area contributed by atoms with Crippen LogP contribution in [0.1, 0.15) is 91.8 Å². The van der Waals surface area contributed by atoms with Crippen LogP contribution in [0.4, 0.5) is 17.6 Å². The second-order valence-electron chi connectivity index (χ2n) is 23.3. The second kappa shape index (κ2) is 29.6. The number of imidazole rings is 2. The molecule has 8 amide bonds. The zero-order chi connectivity index (χ0) is 69.4. The quantitative estimate of drug-likeness (QED) is 0.0132. The van der Waals surface area contributed by atoms with Gasteiger partial charge in [0.15, 0.2) is 6.10 Å². The molecule has 2 aliphatic heterocycles. The minimum absolute atomic E-state index is 0.0173. The van der Waals surface area contributed by atoms with Crippen LogP contribution in [0.3, 0.4) is 0 Å². The maximum Gasteiger partial charge on any atom is 0.335 e. The number of imide groups is 1. The number of carbonyl (C=O) groups is 9. The van der Waals surface area contributed by atoms with E-state index >= 15 is 0 Å². The zero-order valence-electron chi connectivity index (χ0n) is 53.6. The van der Waals surface area contributed by atoms with E-state index < -0.39 is 83.9 Å². The van der Waals surface area contributed by atoms with Gasteiger partial charge in [-0.3, -0.25) is 63.3 Å². The van der Waals surface area contributed by atoms with Gasteiger partial charge in [-0.25, -0.2) is 14.8 Å². The minimum Gasteiger partial charge on any atom is -0.494 e. The van der Waals surface area contributed by atoms with Crippen LogP contribution in [0.15, 0.2) is 78.9 Å². The number of carboxylic acids is 1. The first-order valence-corrected chi connectivity index (χ1v) is 30.5. The predicted octanol–water partition coefficient (Wildman–Crippen LogP) is 1.48. The molecule has 5 atom stereocenters. The first kappa shape index (κ1) is 69.5. The van der Waals surface area contributed by atoms with E-state index in [0.29, 0.717) is 59.6 Å². The number of aliphatic hydroxyl groups is 3. The molecule has 0 saturated carbocycles. The number of aliphatic carboxylic acids is 1. The maximum absolute atomic E-state index is 14.2. The van der Waals surface area contributed by atoms with Crippen LogP contribution in [0, 0.1) is 13.8 Å². The molecule has 1 fully saturated rings. The molecule has 1 saturated heterocycles. The molecule has 33 nitrogen and oxygen atoms in total. The van der Waals surface area contributed by atoms with Crippen molar-refractivity contribution in [1.29, 1.82) is 0 Å². The van der Waals surface area contributed by atoms with Crippen molar-refractivity contribution in [3.63, 3.8) is 0 Å². The van der Waals surface area contributed by atoms with E-state index in [9.17, 15) is 63.6 Å². The first-order chi connectivity index (χ1) is 45.7. The highest BCUT2D eigenvalue weighted by molar-refractivity contribution is 6.13. The zero-order valence-corrected chi connectivity index (χ0v) is 53.6. The number of ether oxygens (including phenoxy) is 4. The number of aliphatic hydroxyl groups excluding tert-OH is 3. The highest BCUT2D eigenvalue weighted by Gasteiger charge is 2.48. The first-order valence-electron chi connectivity index (χ1n) is 30.5. The number of carboxylic acid groups (broad SMARTS) is 1. The normalized spacial score (nSPS) is 17.1. The summed E-state index contributed by atoms with van der Waals surface area (Å²) < 4.78 is 30.2. The molecule has 6 heterocycles. The maximum atomic E-state index is 14.2. The van der Waals surface area contributed by atoms with Gasteiger partial charge in [-0.2, -0.15) is 10.2 Å². The number of benzene rings is 3. The second-order valence-corrected chi connectivity index (χ2v) is 23.3. The Kier molecular flexibility index (Phi) is 21.4. The Morgan fingerprint density at radius 3 is 1.79 bits per heavy atom. The number of amides is 8. The summed E-state index contributed by atoms with van der Waals surface area (Å²) in [5.41, 5.74) is 15.6. The van der Waals surface area contributed by atoms with E-state index in [0.717, 1.165) is 17.1 Å². The van der Waals surface area contributed by atoms with Gasteiger partial charge in [0.25, 0.3) is 23.6 Å². The third-order valence-corrected chi connectivity index (χ3v) is 15.8. The number of rotatable bonds is 30. The third-order valence-electron chi connectivity index (χ3n) is 15.8. The number of hydrogen-bond acceptors (Lipinski definition) is 20. The molecule has 1 unspecified atom stereocenters. The van der Waals surface area contributed by atoms with Gasteiger partial charge >= 0.3 is 5.97 Å². The molecule has 0 radical (unpaired) electrons. The Hall–Kier alpha value is -10.9. The standard InChI is InChI=1S/C63H74N16O17/c1-8-77-42(25-33(3)72-77)58(89)70-62-68-40-27-36(56(64)87)29-44(93-7)50(40)75(62)20-10-11-21-76-51-41(69-63(76)71-59(90)43-26-34(4)73-78(43)9-2)28-37(57(65)88)30-45(51)94-24-12-23-79(5,6)32-35-13-14-38(95-61-54(86)52(84)53(85)55(96-61)60(91)92)31-39(35)67-47(81)17-19-66-46(80)18-22-74-48(82)15-16-49(74)83/h10-11,13-16,25-31,52-55,61,84-86H,8-9,12,17-24,32H2,1-7H3,(H8-,64,65,66,67,68,69,70,71,80,81,87,88,89,90,91,92)/p+1/b11-10+/t52-,53-,54+,55-,61?/m0/s1. The monoisotopic (exact) mass is 1330 g/mol. The van der Waals surface area contributed by atoms with Crippen LogP contribution in [0.2, 0.25) is 0 Å². The predicted molar refractivity (Wildman–Crippen MR) is 342 cm³/mol. The summed E-state index contributed by atoms with van der Waals surface area (Å²) in [4.78, 5) is 126. The van der Waals surface area contributed by atoms with Crippen LogP contribution in [0.5, 0.6) is 17.2 Å². The van der Waals surface area contributed by atoms with Gasteiger partial charge in [0.05, 0.1) is 62.5 Å². The van der Waals surface area contributed by atoms with Crippen LogP contribution in [-0.2, 0) is 61.4 Å². The molecule has 508 valence electrons. The molecule has 4 aromatic heterocycles. The third kappa shape index (κ3) is 15.8. The summed E-state index contributed by atoms with van der Waals surface area (Å²) in [5, 5.41) is 61.2. The number of methoxy groups -OCH3 is 1. The molecule has 33 heteroatoms. The fourth-order valence-corrected chi connectivity index (χ4v) is 11.0. The SMILES string of the molecule is CCn1nc(C)cc1C(=O)Nc1nc2cc(C(N)=O)cc(OC)c2n1C/C=C/Cn1c(NC(=O)c2cc(C)nn2CC)nc2cc(C(N)=O)cc(OCCC[N+](C)(C)Cc3ccc(OC4O[C@H](C(=O)O)[C@@H](O)[C@H](O)[C@H]4O)cc3NC(=O)CCNC(=O)CCN3C(=O)C=CC3=O)c21. The number of allylic oxidation sites excluding steroid dienone is 2. The van der Waals surface area contributed by atoms with Gasteiger partial charge in [0, 0.05) is 93.4 Å². The number of primary amides is 2. The number of anilines is 3.